The summed E-state index contributed by atoms with van der Waals surface area (Å²) in [7, 11) is 0. The second kappa shape index (κ2) is 10.3. The van der Waals surface area contributed by atoms with Gasteiger partial charge in [0.25, 0.3) is 5.91 Å². The lowest BCUT2D eigenvalue weighted by Crippen LogP contribution is -2.40. The molecule has 1 atom stereocenters. The molecule has 1 aromatic heterocycles. The summed E-state index contributed by atoms with van der Waals surface area (Å²) >= 11 is 6.11. The molecule has 1 amide bonds. The fourth-order valence-electron chi connectivity index (χ4n) is 4.55. The van der Waals surface area contributed by atoms with Gasteiger partial charge in [-0.15, -0.1) is 0 Å². The normalized spacial score (nSPS) is 17.2. The first-order valence-electron chi connectivity index (χ1n) is 11.4. The first kappa shape index (κ1) is 21.8. The fourth-order valence-corrected chi connectivity index (χ4v) is 4.76. The predicted molar refractivity (Wildman–Crippen MR) is 127 cm³/mol. The number of fused-ring (bicyclic) bond motifs is 1. The Kier molecular flexibility index (Phi) is 7.25. The predicted octanol–water partition coefficient (Wildman–Crippen LogP) is 5.12. The second-order valence-electron chi connectivity index (χ2n) is 8.41. The summed E-state index contributed by atoms with van der Waals surface area (Å²) in [6, 6.07) is 14.3. The molecule has 1 unspecified atom stereocenters. The van der Waals surface area contributed by atoms with E-state index in [2.05, 4.69) is 22.2 Å². The van der Waals surface area contributed by atoms with Crippen LogP contribution in [0.5, 0.6) is 0 Å². The van der Waals surface area contributed by atoms with Crippen LogP contribution in [0.1, 0.15) is 54.9 Å². The number of nitrogens with zero attached hydrogens (tertiary/aromatic N) is 3. The summed E-state index contributed by atoms with van der Waals surface area (Å²) in [5.41, 5.74) is 2.70. The number of hydrogen-bond donors (Lipinski definition) is 1. The van der Waals surface area contributed by atoms with Gasteiger partial charge < -0.3 is 10.2 Å². The minimum atomic E-state index is -0.0249. The monoisotopic (exact) mass is 438 g/mol. The molecule has 1 aliphatic rings. The van der Waals surface area contributed by atoms with Gasteiger partial charge in [0.15, 0.2) is 0 Å². The molecule has 2 aromatic carbocycles. The molecule has 0 bridgehead atoms. The number of rotatable bonds is 8. The number of amides is 1. The Morgan fingerprint density at radius 3 is 2.97 bits per heavy atom. The Morgan fingerprint density at radius 1 is 1.23 bits per heavy atom. The van der Waals surface area contributed by atoms with E-state index in [-0.39, 0.29) is 5.91 Å². The van der Waals surface area contributed by atoms with Crippen LogP contribution in [0.4, 0.5) is 0 Å². The van der Waals surface area contributed by atoms with E-state index in [0.29, 0.717) is 29.7 Å². The maximum Gasteiger partial charge on any atom is 0.251 e. The third-order valence-electron chi connectivity index (χ3n) is 6.26. The third-order valence-corrected chi connectivity index (χ3v) is 6.49. The maximum absolute atomic E-state index is 12.7. The lowest BCUT2D eigenvalue weighted by Gasteiger charge is -2.35. The standard InChI is InChI=1S/C25H31ClN4O/c1-2-23-9-3-4-13-29(23)14-6-12-27-25(31)20-10-11-21-17-28-30(24(21)16-20)18-19-7-5-8-22(26)15-19/h5,7-8,10-11,15-17,23H,2-4,6,9,12-14,18H2,1H3,(H,27,31). The minimum Gasteiger partial charge on any atom is -0.352 e. The van der Waals surface area contributed by atoms with Crippen molar-refractivity contribution >= 4 is 28.4 Å². The third kappa shape index (κ3) is 5.46. The molecular formula is C25H31ClN4O. The topological polar surface area (TPSA) is 50.2 Å². The fraction of sp³-hybridized carbons (Fsp3) is 0.440. The van der Waals surface area contributed by atoms with Crippen molar-refractivity contribution in [2.24, 2.45) is 0 Å². The smallest absolute Gasteiger partial charge is 0.251 e. The molecule has 1 N–H and O–H groups in total. The molecule has 0 spiro atoms. The Balaban J connectivity index is 1.36. The summed E-state index contributed by atoms with van der Waals surface area (Å²) in [4.78, 5) is 15.3. The number of halogens is 1. The number of carbonyl (C=O) groups excluding carboxylic acids is 1. The van der Waals surface area contributed by atoms with E-state index in [4.69, 9.17) is 11.6 Å². The molecule has 6 heteroatoms. The summed E-state index contributed by atoms with van der Waals surface area (Å²) in [6.45, 7) is 5.84. The lowest BCUT2D eigenvalue weighted by molar-refractivity contribution is 0.0947. The average Bonchev–Trinajstić information content (AvgIpc) is 3.18. The van der Waals surface area contributed by atoms with E-state index >= 15 is 0 Å². The van der Waals surface area contributed by atoms with Crippen molar-refractivity contribution in [1.82, 2.24) is 20.0 Å². The van der Waals surface area contributed by atoms with Crippen LogP contribution in [-0.4, -0.2) is 46.3 Å². The molecule has 1 fully saturated rings. The zero-order valence-electron chi connectivity index (χ0n) is 18.2. The van der Waals surface area contributed by atoms with Gasteiger partial charge in [-0.1, -0.05) is 43.1 Å². The molecule has 0 aliphatic carbocycles. The van der Waals surface area contributed by atoms with E-state index in [1.165, 1.54) is 32.2 Å². The maximum atomic E-state index is 12.7. The van der Waals surface area contributed by atoms with Crippen molar-refractivity contribution in [2.75, 3.05) is 19.6 Å². The van der Waals surface area contributed by atoms with Gasteiger partial charge in [-0.2, -0.15) is 5.10 Å². The van der Waals surface area contributed by atoms with E-state index in [9.17, 15) is 4.79 Å². The van der Waals surface area contributed by atoms with Crippen molar-refractivity contribution in [1.29, 1.82) is 0 Å². The molecule has 5 nitrogen and oxygen atoms in total. The van der Waals surface area contributed by atoms with Gasteiger partial charge in [0, 0.05) is 35.1 Å². The van der Waals surface area contributed by atoms with Crippen molar-refractivity contribution in [2.45, 2.75) is 51.6 Å². The molecule has 164 valence electrons. The first-order chi connectivity index (χ1) is 15.1. The largest absolute Gasteiger partial charge is 0.352 e. The second-order valence-corrected chi connectivity index (χ2v) is 8.85. The lowest BCUT2D eigenvalue weighted by atomic mass is 10.00. The van der Waals surface area contributed by atoms with Gasteiger partial charge >= 0.3 is 0 Å². The molecule has 0 radical (unpaired) electrons. The highest BCUT2D eigenvalue weighted by atomic mass is 35.5. The Labute approximate surface area is 189 Å². The number of carbonyl (C=O) groups is 1. The SMILES string of the molecule is CCC1CCCCN1CCCNC(=O)c1ccc2cnn(Cc3cccc(Cl)c3)c2c1. The van der Waals surface area contributed by atoms with Crippen LogP contribution in [0.15, 0.2) is 48.7 Å². The van der Waals surface area contributed by atoms with Gasteiger partial charge in [0.1, 0.15) is 0 Å². The molecule has 3 aromatic rings. The van der Waals surface area contributed by atoms with Crippen LogP contribution in [0.3, 0.4) is 0 Å². The zero-order valence-corrected chi connectivity index (χ0v) is 18.9. The van der Waals surface area contributed by atoms with Gasteiger partial charge in [0.2, 0.25) is 0 Å². The summed E-state index contributed by atoms with van der Waals surface area (Å²) in [5, 5.41) is 9.33. The van der Waals surface area contributed by atoms with Crippen LogP contribution in [0, 0.1) is 0 Å². The van der Waals surface area contributed by atoms with Gasteiger partial charge in [-0.3, -0.25) is 9.48 Å². The number of benzene rings is 2. The van der Waals surface area contributed by atoms with Gasteiger partial charge in [-0.25, -0.2) is 0 Å². The van der Waals surface area contributed by atoms with E-state index < -0.39 is 0 Å². The Morgan fingerprint density at radius 2 is 2.13 bits per heavy atom. The number of nitrogens with one attached hydrogen (secondary N) is 1. The van der Waals surface area contributed by atoms with Gasteiger partial charge in [-0.05, 0) is 62.1 Å². The molecule has 31 heavy (non-hydrogen) atoms. The van der Waals surface area contributed by atoms with Crippen LogP contribution < -0.4 is 5.32 Å². The first-order valence-corrected chi connectivity index (χ1v) is 11.7. The number of hydrogen-bond acceptors (Lipinski definition) is 3. The minimum absolute atomic E-state index is 0.0249. The van der Waals surface area contributed by atoms with Crippen molar-refractivity contribution in [3.8, 4) is 0 Å². The molecular weight excluding hydrogens is 408 g/mol. The Bertz CT molecular complexity index is 1030. The highest BCUT2D eigenvalue weighted by Gasteiger charge is 2.20. The van der Waals surface area contributed by atoms with Crippen molar-refractivity contribution in [3.63, 3.8) is 0 Å². The number of likely N-dealkylation sites (tertiary alicyclic amines) is 1. The highest BCUT2D eigenvalue weighted by Crippen LogP contribution is 2.20. The molecule has 1 saturated heterocycles. The summed E-state index contributed by atoms with van der Waals surface area (Å²) in [6.07, 6.45) is 8.00. The zero-order chi connectivity index (χ0) is 21.6. The Hall–Kier alpha value is -2.37. The van der Waals surface area contributed by atoms with Crippen LogP contribution in [0.25, 0.3) is 10.9 Å². The van der Waals surface area contributed by atoms with E-state index in [0.717, 1.165) is 29.4 Å². The number of piperidine rings is 1. The highest BCUT2D eigenvalue weighted by molar-refractivity contribution is 6.30. The van der Waals surface area contributed by atoms with Crippen LogP contribution >= 0.6 is 11.6 Å². The molecule has 4 rings (SSSR count). The van der Waals surface area contributed by atoms with E-state index in [1.54, 1.807) is 0 Å². The molecule has 2 heterocycles. The average molecular weight is 439 g/mol. The molecule has 0 saturated carbocycles. The number of aromatic nitrogens is 2. The molecule has 1 aliphatic heterocycles. The summed E-state index contributed by atoms with van der Waals surface area (Å²) < 4.78 is 1.92. The van der Waals surface area contributed by atoms with Gasteiger partial charge in [0.05, 0.1) is 18.3 Å². The summed E-state index contributed by atoms with van der Waals surface area (Å²) in [5.74, 6) is -0.0249. The van der Waals surface area contributed by atoms with Crippen LogP contribution in [-0.2, 0) is 6.54 Å². The van der Waals surface area contributed by atoms with E-state index in [1.807, 2.05) is 53.3 Å². The quantitative estimate of drug-likeness (QED) is 0.496. The van der Waals surface area contributed by atoms with Crippen molar-refractivity contribution < 1.29 is 4.79 Å². The van der Waals surface area contributed by atoms with Crippen LogP contribution in [0.2, 0.25) is 5.02 Å². The van der Waals surface area contributed by atoms with Crippen molar-refractivity contribution in [3.05, 3.63) is 64.8 Å².